The van der Waals surface area contributed by atoms with Crippen LogP contribution in [0.5, 0.6) is 0 Å². The maximum atomic E-state index is 12.5. The first-order chi connectivity index (χ1) is 12.2. The number of likely N-dealkylation sites (tertiary alicyclic amines) is 1. The van der Waals surface area contributed by atoms with Gasteiger partial charge in [0.1, 0.15) is 5.56 Å². The van der Waals surface area contributed by atoms with E-state index in [9.17, 15) is 9.59 Å². The first-order valence-corrected chi connectivity index (χ1v) is 9.16. The zero-order chi connectivity index (χ0) is 17.2. The summed E-state index contributed by atoms with van der Waals surface area (Å²) in [5.74, 6) is -0.434. The maximum Gasteiger partial charge on any atom is 0.271 e. The summed E-state index contributed by atoms with van der Waals surface area (Å²) in [5.41, 5.74) is 1.54. The topological polar surface area (TPSA) is 66.7 Å². The van der Waals surface area contributed by atoms with E-state index in [1.54, 1.807) is 11.6 Å². The largest absolute Gasteiger partial charge is 0.322 e. The van der Waals surface area contributed by atoms with Crippen molar-refractivity contribution >= 4 is 27.9 Å². The van der Waals surface area contributed by atoms with Crippen molar-refractivity contribution in [2.75, 3.05) is 18.4 Å². The molecule has 3 aromatic rings. The second kappa shape index (κ2) is 6.78. The molecule has 1 N–H and O–H groups in total. The summed E-state index contributed by atoms with van der Waals surface area (Å²) < 4.78 is 1.39. The molecule has 128 valence electrons. The monoisotopic (exact) mass is 354 g/mol. The number of aromatic nitrogens is 2. The van der Waals surface area contributed by atoms with Crippen LogP contribution >= 0.6 is 11.3 Å². The minimum Gasteiger partial charge on any atom is -0.322 e. The Morgan fingerprint density at radius 1 is 1.28 bits per heavy atom. The van der Waals surface area contributed by atoms with Gasteiger partial charge in [0.25, 0.3) is 11.5 Å². The lowest BCUT2D eigenvalue weighted by Gasteiger charge is -2.15. The first-order valence-electron chi connectivity index (χ1n) is 8.28. The van der Waals surface area contributed by atoms with Crippen molar-refractivity contribution in [1.29, 1.82) is 0 Å². The van der Waals surface area contributed by atoms with Crippen LogP contribution in [-0.4, -0.2) is 33.3 Å². The zero-order valence-corrected chi connectivity index (χ0v) is 14.5. The van der Waals surface area contributed by atoms with Gasteiger partial charge in [-0.2, -0.15) is 0 Å². The Bertz CT molecular complexity index is 972. The van der Waals surface area contributed by atoms with E-state index in [0.29, 0.717) is 10.6 Å². The Labute approximate surface area is 148 Å². The molecule has 1 fully saturated rings. The standard InChI is InChI=1S/C18H18N4O2S/c23-16(15-11-19-18-22(17(15)24)8-9-25-18)20-14-5-3-4-13(10-14)12-21-6-1-2-7-21/h3-5,8-11H,1-2,6-7,12H2,(H,20,23). The fraction of sp³-hybridized carbons (Fsp3) is 0.278. The highest BCUT2D eigenvalue weighted by Crippen LogP contribution is 2.16. The molecule has 6 nitrogen and oxygen atoms in total. The number of nitrogens with one attached hydrogen (secondary N) is 1. The number of amides is 1. The molecule has 25 heavy (non-hydrogen) atoms. The van der Waals surface area contributed by atoms with Crippen LogP contribution in [0.4, 0.5) is 5.69 Å². The fourth-order valence-corrected chi connectivity index (χ4v) is 3.80. The number of carbonyl (C=O) groups excluding carboxylic acids is 1. The molecular weight excluding hydrogens is 336 g/mol. The molecular formula is C18H18N4O2S. The zero-order valence-electron chi connectivity index (χ0n) is 13.6. The van der Waals surface area contributed by atoms with Crippen LogP contribution in [0.25, 0.3) is 4.96 Å². The van der Waals surface area contributed by atoms with Crippen molar-refractivity contribution in [2.45, 2.75) is 19.4 Å². The van der Waals surface area contributed by atoms with E-state index in [4.69, 9.17) is 0 Å². The minimum absolute atomic E-state index is 0.0424. The molecule has 1 aliphatic rings. The SMILES string of the molecule is O=C(Nc1cccc(CN2CCCC2)c1)c1cnc2sccn2c1=O. The van der Waals surface area contributed by atoms with E-state index in [1.807, 2.05) is 18.2 Å². The van der Waals surface area contributed by atoms with Crippen LogP contribution in [0.1, 0.15) is 28.8 Å². The summed E-state index contributed by atoms with van der Waals surface area (Å²) in [5, 5.41) is 4.58. The number of nitrogens with zero attached hydrogens (tertiary/aromatic N) is 3. The smallest absolute Gasteiger partial charge is 0.271 e. The number of thiazole rings is 1. The van der Waals surface area contributed by atoms with Gasteiger partial charge >= 0.3 is 0 Å². The molecule has 0 aliphatic carbocycles. The summed E-state index contributed by atoms with van der Waals surface area (Å²) in [6, 6.07) is 7.78. The lowest BCUT2D eigenvalue weighted by Crippen LogP contribution is -2.26. The van der Waals surface area contributed by atoms with E-state index in [0.717, 1.165) is 25.2 Å². The van der Waals surface area contributed by atoms with Crippen molar-refractivity contribution in [3.8, 4) is 0 Å². The molecule has 0 atom stereocenters. The molecule has 2 aromatic heterocycles. The normalized spacial score (nSPS) is 14.9. The molecule has 0 bridgehead atoms. The molecule has 1 saturated heterocycles. The van der Waals surface area contributed by atoms with E-state index in [2.05, 4.69) is 21.3 Å². The van der Waals surface area contributed by atoms with Gasteiger partial charge < -0.3 is 5.32 Å². The van der Waals surface area contributed by atoms with Gasteiger partial charge in [0.2, 0.25) is 0 Å². The van der Waals surface area contributed by atoms with Gasteiger partial charge in [0, 0.05) is 30.0 Å². The Kier molecular flexibility index (Phi) is 4.33. The summed E-state index contributed by atoms with van der Waals surface area (Å²) in [6.45, 7) is 3.13. The number of benzene rings is 1. The summed E-state index contributed by atoms with van der Waals surface area (Å²) in [6.07, 6.45) is 5.47. The molecule has 0 saturated carbocycles. The van der Waals surface area contributed by atoms with Gasteiger partial charge in [-0.15, -0.1) is 11.3 Å². The van der Waals surface area contributed by atoms with Crippen molar-refractivity contribution in [3.05, 3.63) is 63.5 Å². The Morgan fingerprint density at radius 2 is 2.12 bits per heavy atom. The lowest BCUT2D eigenvalue weighted by molar-refractivity contribution is 0.102. The number of carbonyl (C=O) groups is 1. The molecule has 3 heterocycles. The van der Waals surface area contributed by atoms with Crippen molar-refractivity contribution < 1.29 is 4.79 Å². The van der Waals surface area contributed by atoms with Crippen LogP contribution in [0.2, 0.25) is 0 Å². The summed E-state index contributed by atoms with van der Waals surface area (Å²) in [7, 11) is 0. The average molecular weight is 354 g/mol. The summed E-state index contributed by atoms with van der Waals surface area (Å²) >= 11 is 1.36. The van der Waals surface area contributed by atoms with Crippen LogP contribution in [-0.2, 0) is 6.54 Å². The number of fused-ring (bicyclic) bond motifs is 1. The van der Waals surface area contributed by atoms with Crippen LogP contribution < -0.4 is 10.9 Å². The highest BCUT2D eigenvalue weighted by molar-refractivity contribution is 7.15. The van der Waals surface area contributed by atoms with E-state index >= 15 is 0 Å². The minimum atomic E-state index is -0.434. The molecule has 0 spiro atoms. The van der Waals surface area contributed by atoms with E-state index in [1.165, 1.54) is 34.8 Å². The second-order valence-electron chi connectivity index (χ2n) is 6.17. The van der Waals surface area contributed by atoms with Crippen molar-refractivity contribution in [2.24, 2.45) is 0 Å². The summed E-state index contributed by atoms with van der Waals surface area (Å²) in [4.78, 5) is 32.0. The van der Waals surface area contributed by atoms with Gasteiger partial charge in [-0.3, -0.25) is 18.9 Å². The Balaban J connectivity index is 1.53. The average Bonchev–Trinajstić information content (AvgIpc) is 3.27. The number of rotatable bonds is 4. The van der Waals surface area contributed by atoms with Gasteiger partial charge in [0.15, 0.2) is 4.96 Å². The first kappa shape index (κ1) is 16.0. The Morgan fingerprint density at radius 3 is 2.96 bits per heavy atom. The predicted octanol–water partition coefficient (Wildman–Crippen LogP) is 2.60. The van der Waals surface area contributed by atoms with E-state index < -0.39 is 5.91 Å². The van der Waals surface area contributed by atoms with Crippen LogP contribution in [0, 0.1) is 0 Å². The van der Waals surface area contributed by atoms with Gasteiger partial charge in [-0.05, 0) is 43.6 Å². The highest BCUT2D eigenvalue weighted by Gasteiger charge is 2.15. The molecule has 1 aromatic carbocycles. The van der Waals surface area contributed by atoms with Gasteiger partial charge in [-0.1, -0.05) is 12.1 Å². The van der Waals surface area contributed by atoms with E-state index in [-0.39, 0.29) is 11.1 Å². The lowest BCUT2D eigenvalue weighted by atomic mass is 10.2. The molecule has 1 amide bonds. The Hall–Kier alpha value is -2.51. The van der Waals surface area contributed by atoms with Crippen LogP contribution in [0.15, 0.2) is 46.8 Å². The molecule has 0 radical (unpaired) electrons. The van der Waals surface area contributed by atoms with Gasteiger partial charge in [0.05, 0.1) is 0 Å². The molecule has 7 heteroatoms. The molecule has 1 aliphatic heterocycles. The van der Waals surface area contributed by atoms with Gasteiger partial charge in [-0.25, -0.2) is 4.98 Å². The third-order valence-corrected chi connectivity index (χ3v) is 5.15. The molecule has 0 unspecified atom stereocenters. The number of hydrogen-bond donors (Lipinski definition) is 1. The van der Waals surface area contributed by atoms with Crippen LogP contribution in [0.3, 0.4) is 0 Å². The molecule has 4 rings (SSSR count). The van der Waals surface area contributed by atoms with Crippen molar-refractivity contribution in [3.63, 3.8) is 0 Å². The third kappa shape index (κ3) is 3.33. The number of anilines is 1. The fourth-order valence-electron chi connectivity index (χ4n) is 3.13. The van der Waals surface area contributed by atoms with Crippen molar-refractivity contribution in [1.82, 2.24) is 14.3 Å². The highest BCUT2D eigenvalue weighted by atomic mass is 32.1. The maximum absolute atomic E-state index is 12.5. The second-order valence-corrected chi connectivity index (χ2v) is 7.04. The third-order valence-electron chi connectivity index (χ3n) is 4.38. The number of hydrogen-bond acceptors (Lipinski definition) is 5. The predicted molar refractivity (Wildman–Crippen MR) is 98.2 cm³/mol. The quantitative estimate of drug-likeness (QED) is 0.782.